The molecule has 1 heterocycles. The number of aryl methyl sites for hydroxylation is 1. The van der Waals surface area contributed by atoms with E-state index in [0.717, 1.165) is 21.3 Å². The molecule has 2 aromatic rings. The summed E-state index contributed by atoms with van der Waals surface area (Å²) >= 11 is 3.27. The number of hydrogen-bond donors (Lipinski definition) is 0. The van der Waals surface area contributed by atoms with Crippen LogP contribution in [0.4, 0.5) is 5.69 Å². The van der Waals surface area contributed by atoms with E-state index >= 15 is 0 Å². The fourth-order valence-electron chi connectivity index (χ4n) is 1.26. The minimum atomic E-state index is -0.388. The van der Waals surface area contributed by atoms with Gasteiger partial charge in [0.15, 0.2) is 0 Å². The molecule has 88 valence electrons. The van der Waals surface area contributed by atoms with E-state index in [-0.39, 0.29) is 10.6 Å². The van der Waals surface area contributed by atoms with Gasteiger partial charge in [-0.25, -0.2) is 4.98 Å². The predicted octanol–water partition coefficient (Wildman–Crippen LogP) is 3.65. The van der Waals surface area contributed by atoms with Crippen molar-refractivity contribution in [3.8, 4) is 0 Å². The normalized spacial score (nSPS) is 10.4. The molecule has 17 heavy (non-hydrogen) atoms. The van der Waals surface area contributed by atoms with Gasteiger partial charge in [0.25, 0.3) is 5.69 Å². The largest absolute Gasteiger partial charge is 0.269 e. The number of hydrogen-bond acceptors (Lipinski definition) is 5. The Morgan fingerprint density at radius 3 is 2.65 bits per heavy atom. The Labute approximate surface area is 107 Å². The summed E-state index contributed by atoms with van der Waals surface area (Å²) in [7, 11) is 0. The van der Waals surface area contributed by atoms with Crippen molar-refractivity contribution >= 4 is 28.8 Å². The lowest BCUT2D eigenvalue weighted by molar-refractivity contribution is -0.384. The second-order valence-electron chi connectivity index (χ2n) is 3.47. The van der Waals surface area contributed by atoms with E-state index in [4.69, 9.17) is 0 Å². The average Bonchev–Trinajstić information content (AvgIpc) is 2.73. The van der Waals surface area contributed by atoms with Crippen molar-refractivity contribution < 1.29 is 4.92 Å². The molecule has 2 rings (SSSR count). The van der Waals surface area contributed by atoms with Gasteiger partial charge in [0, 0.05) is 29.0 Å². The smallest absolute Gasteiger partial charge is 0.258 e. The lowest BCUT2D eigenvalue weighted by Crippen LogP contribution is -1.88. The monoisotopic (exact) mass is 266 g/mol. The highest BCUT2D eigenvalue weighted by Crippen LogP contribution is 2.26. The zero-order valence-electron chi connectivity index (χ0n) is 9.12. The number of nitro groups is 1. The predicted molar refractivity (Wildman–Crippen MR) is 69.5 cm³/mol. The van der Waals surface area contributed by atoms with Crippen LogP contribution in [0.25, 0.3) is 0 Å². The van der Waals surface area contributed by atoms with Gasteiger partial charge in [0.1, 0.15) is 4.34 Å². The molecule has 0 amide bonds. The third kappa shape index (κ3) is 3.28. The minimum Gasteiger partial charge on any atom is -0.258 e. The van der Waals surface area contributed by atoms with Crippen LogP contribution in [0.2, 0.25) is 0 Å². The highest BCUT2D eigenvalue weighted by Gasteiger charge is 2.05. The van der Waals surface area contributed by atoms with Crippen LogP contribution in [0.1, 0.15) is 11.3 Å². The first-order valence-electron chi connectivity index (χ1n) is 4.93. The molecular weight excluding hydrogens is 256 g/mol. The number of thioether (sulfide) groups is 1. The molecule has 0 aliphatic rings. The van der Waals surface area contributed by atoms with Crippen LogP contribution in [-0.4, -0.2) is 9.91 Å². The van der Waals surface area contributed by atoms with Crippen molar-refractivity contribution in [3.05, 3.63) is 51.0 Å². The summed E-state index contributed by atoms with van der Waals surface area (Å²) in [6, 6.07) is 6.63. The molecule has 4 nitrogen and oxygen atoms in total. The quantitative estimate of drug-likeness (QED) is 0.481. The average molecular weight is 266 g/mol. The SMILES string of the molecule is Cc1csc(SCc2ccc([N+](=O)[O-])cc2)n1. The van der Waals surface area contributed by atoms with Crippen LogP contribution in [0, 0.1) is 17.0 Å². The maximum absolute atomic E-state index is 10.5. The van der Waals surface area contributed by atoms with Crippen LogP contribution in [0.15, 0.2) is 34.0 Å². The Morgan fingerprint density at radius 2 is 2.12 bits per heavy atom. The van der Waals surface area contributed by atoms with Crippen molar-refractivity contribution in [3.63, 3.8) is 0 Å². The molecule has 1 aromatic carbocycles. The summed E-state index contributed by atoms with van der Waals surface area (Å²) in [5.41, 5.74) is 2.22. The summed E-state index contributed by atoms with van der Waals surface area (Å²) in [6.45, 7) is 1.96. The van der Waals surface area contributed by atoms with Crippen LogP contribution in [-0.2, 0) is 5.75 Å². The van der Waals surface area contributed by atoms with E-state index in [2.05, 4.69) is 4.98 Å². The summed E-state index contributed by atoms with van der Waals surface area (Å²) in [5.74, 6) is 0.783. The second-order valence-corrected chi connectivity index (χ2v) is 5.55. The summed E-state index contributed by atoms with van der Waals surface area (Å²) in [4.78, 5) is 14.4. The molecular formula is C11H10N2O2S2. The van der Waals surface area contributed by atoms with Gasteiger partial charge in [-0.2, -0.15) is 0 Å². The highest BCUT2D eigenvalue weighted by atomic mass is 32.2. The maximum Gasteiger partial charge on any atom is 0.269 e. The van der Waals surface area contributed by atoms with Crippen LogP contribution in [0.3, 0.4) is 0 Å². The lowest BCUT2D eigenvalue weighted by atomic mass is 10.2. The number of nitrogens with zero attached hydrogens (tertiary/aromatic N) is 2. The maximum atomic E-state index is 10.5. The summed E-state index contributed by atoms with van der Waals surface area (Å²) in [5, 5.41) is 12.5. The van der Waals surface area contributed by atoms with E-state index in [0.29, 0.717) is 0 Å². The van der Waals surface area contributed by atoms with Gasteiger partial charge in [0.05, 0.1) is 4.92 Å². The van der Waals surface area contributed by atoms with E-state index in [1.54, 1.807) is 35.2 Å². The molecule has 0 saturated heterocycles. The minimum absolute atomic E-state index is 0.129. The molecule has 0 unspecified atom stereocenters. The molecule has 0 bridgehead atoms. The Bertz CT molecular complexity index is 523. The number of non-ortho nitro benzene ring substituents is 1. The number of benzene rings is 1. The summed E-state index contributed by atoms with van der Waals surface area (Å²) in [6.07, 6.45) is 0. The summed E-state index contributed by atoms with van der Waals surface area (Å²) < 4.78 is 1.03. The van der Waals surface area contributed by atoms with Gasteiger partial charge in [-0.15, -0.1) is 11.3 Å². The Hall–Kier alpha value is -1.40. The van der Waals surface area contributed by atoms with Gasteiger partial charge >= 0.3 is 0 Å². The Kier molecular flexibility index (Phi) is 3.75. The molecule has 0 aliphatic carbocycles. The van der Waals surface area contributed by atoms with E-state index in [1.165, 1.54) is 12.1 Å². The van der Waals surface area contributed by atoms with Gasteiger partial charge in [0.2, 0.25) is 0 Å². The third-order valence-corrected chi connectivity index (χ3v) is 4.32. The van der Waals surface area contributed by atoms with E-state index in [1.807, 2.05) is 12.3 Å². The molecule has 0 fully saturated rings. The van der Waals surface area contributed by atoms with E-state index < -0.39 is 0 Å². The lowest BCUT2D eigenvalue weighted by Gasteiger charge is -1.98. The van der Waals surface area contributed by atoms with Crippen molar-refractivity contribution in [2.45, 2.75) is 17.0 Å². The molecule has 0 N–H and O–H groups in total. The fraction of sp³-hybridized carbons (Fsp3) is 0.182. The molecule has 1 aromatic heterocycles. The number of aromatic nitrogens is 1. The first kappa shape index (κ1) is 12.1. The highest BCUT2D eigenvalue weighted by molar-refractivity contribution is 8.00. The van der Waals surface area contributed by atoms with Gasteiger partial charge in [-0.05, 0) is 12.5 Å². The molecule has 0 atom stereocenters. The molecule has 0 saturated carbocycles. The van der Waals surface area contributed by atoms with Gasteiger partial charge < -0.3 is 0 Å². The van der Waals surface area contributed by atoms with Crippen LogP contribution in [0.5, 0.6) is 0 Å². The molecule has 0 radical (unpaired) electrons. The standard InChI is InChI=1S/C11H10N2O2S2/c1-8-6-16-11(12-8)17-7-9-2-4-10(5-3-9)13(14)15/h2-6H,7H2,1H3. The Morgan fingerprint density at radius 1 is 1.41 bits per heavy atom. The first-order chi connectivity index (χ1) is 8.15. The number of thiazole rings is 1. The molecule has 6 heteroatoms. The van der Waals surface area contributed by atoms with Crippen molar-refractivity contribution in [1.82, 2.24) is 4.98 Å². The Balaban J connectivity index is 1.97. The van der Waals surface area contributed by atoms with Gasteiger partial charge in [-0.1, -0.05) is 23.9 Å². The topological polar surface area (TPSA) is 56.0 Å². The van der Waals surface area contributed by atoms with Crippen molar-refractivity contribution in [1.29, 1.82) is 0 Å². The number of nitro benzene ring substituents is 1. The second kappa shape index (κ2) is 5.29. The van der Waals surface area contributed by atoms with Crippen molar-refractivity contribution in [2.24, 2.45) is 0 Å². The van der Waals surface area contributed by atoms with E-state index in [9.17, 15) is 10.1 Å². The zero-order chi connectivity index (χ0) is 12.3. The molecule has 0 spiro atoms. The first-order valence-corrected chi connectivity index (χ1v) is 6.80. The zero-order valence-corrected chi connectivity index (χ0v) is 10.8. The fourth-order valence-corrected chi connectivity index (χ4v) is 3.06. The van der Waals surface area contributed by atoms with Crippen molar-refractivity contribution in [2.75, 3.05) is 0 Å². The van der Waals surface area contributed by atoms with Crippen LogP contribution < -0.4 is 0 Å². The third-order valence-electron chi connectivity index (χ3n) is 2.11. The molecule has 0 aliphatic heterocycles. The number of rotatable bonds is 4. The van der Waals surface area contributed by atoms with Crippen LogP contribution >= 0.6 is 23.1 Å². The van der Waals surface area contributed by atoms with Gasteiger partial charge in [-0.3, -0.25) is 10.1 Å².